The molecule has 0 aromatic rings. The van der Waals surface area contributed by atoms with Gasteiger partial charge in [-0.3, -0.25) is 4.79 Å². The van der Waals surface area contributed by atoms with Gasteiger partial charge in [0.15, 0.2) is 5.78 Å². The first-order valence-corrected chi connectivity index (χ1v) is 4.47. The Hall–Kier alpha value is -0.410. The van der Waals surface area contributed by atoms with Crippen LogP contribution in [-0.4, -0.2) is 24.0 Å². The minimum atomic E-state index is -0.333. The van der Waals surface area contributed by atoms with Crippen LogP contribution in [0.1, 0.15) is 27.2 Å². The number of nitrogens with two attached hydrogens (primary N) is 1. The van der Waals surface area contributed by atoms with E-state index in [1.54, 1.807) is 0 Å². The molecule has 70 valence electrons. The molecule has 0 spiro atoms. The van der Waals surface area contributed by atoms with Gasteiger partial charge in [-0.15, -0.1) is 0 Å². The Morgan fingerprint density at radius 2 is 2.08 bits per heavy atom. The summed E-state index contributed by atoms with van der Waals surface area (Å²) < 4.78 is 5.05. The van der Waals surface area contributed by atoms with E-state index < -0.39 is 0 Å². The third-order valence-electron chi connectivity index (χ3n) is 2.08. The van der Waals surface area contributed by atoms with Crippen LogP contribution in [0.2, 0.25) is 0 Å². The summed E-state index contributed by atoms with van der Waals surface area (Å²) in [6.07, 6.45) is 0.639. The van der Waals surface area contributed by atoms with Gasteiger partial charge in [0.1, 0.15) is 6.10 Å². The van der Waals surface area contributed by atoms with Crippen LogP contribution in [0, 0.1) is 5.92 Å². The van der Waals surface area contributed by atoms with E-state index in [9.17, 15) is 4.79 Å². The molecule has 1 saturated heterocycles. The van der Waals surface area contributed by atoms with Gasteiger partial charge in [0.2, 0.25) is 0 Å². The van der Waals surface area contributed by atoms with E-state index in [1.807, 2.05) is 6.92 Å². The number of ketones is 1. The number of hydrogen-bond donors (Lipinski definition) is 1. The molecule has 3 nitrogen and oxygen atoms in total. The van der Waals surface area contributed by atoms with Crippen molar-refractivity contribution in [3.63, 3.8) is 0 Å². The average Bonchev–Trinajstić information content (AvgIpc) is 2.64. The standard InChI is InChI=1S/C9H17NO2/c1-5(2)4-7(10)8(11)9-6(3)12-9/h5-7,9H,4,10H2,1-3H3/t6-,7+,9?/m1/s1. The van der Waals surface area contributed by atoms with E-state index in [4.69, 9.17) is 10.5 Å². The van der Waals surface area contributed by atoms with Crippen LogP contribution in [0.25, 0.3) is 0 Å². The molecule has 0 radical (unpaired) electrons. The first-order valence-electron chi connectivity index (χ1n) is 4.47. The van der Waals surface area contributed by atoms with Gasteiger partial charge in [-0.2, -0.15) is 0 Å². The highest BCUT2D eigenvalue weighted by Gasteiger charge is 2.42. The van der Waals surface area contributed by atoms with Crippen molar-refractivity contribution in [3.05, 3.63) is 0 Å². The SMILES string of the molecule is CC(C)C[C@H](N)C(=O)C1O[C@@H]1C. The van der Waals surface area contributed by atoms with Crippen molar-refractivity contribution in [2.45, 2.75) is 45.4 Å². The van der Waals surface area contributed by atoms with Crippen molar-refractivity contribution in [2.75, 3.05) is 0 Å². The number of hydrogen-bond acceptors (Lipinski definition) is 3. The Bertz CT molecular complexity index is 179. The molecule has 1 heterocycles. The normalized spacial score (nSPS) is 30.4. The number of carbonyl (C=O) groups is 1. The van der Waals surface area contributed by atoms with Gasteiger partial charge in [0.25, 0.3) is 0 Å². The number of epoxide rings is 1. The van der Waals surface area contributed by atoms with E-state index in [1.165, 1.54) is 0 Å². The summed E-state index contributed by atoms with van der Waals surface area (Å²) in [5.41, 5.74) is 5.69. The van der Waals surface area contributed by atoms with Gasteiger partial charge in [-0.05, 0) is 19.3 Å². The molecule has 3 atom stereocenters. The first kappa shape index (κ1) is 9.68. The molecule has 0 aromatic carbocycles. The fraction of sp³-hybridized carbons (Fsp3) is 0.889. The van der Waals surface area contributed by atoms with Crippen LogP contribution in [0.4, 0.5) is 0 Å². The molecular formula is C9H17NO2. The Morgan fingerprint density at radius 3 is 2.42 bits per heavy atom. The van der Waals surface area contributed by atoms with Crippen molar-refractivity contribution >= 4 is 5.78 Å². The van der Waals surface area contributed by atoms with E-state index >= 15 is 0 Å². The quantitative estimate of drug-likeness (QED) is 0.634. The summed E-state index contributed by atoms with van der Waals surface area (Å²) in [6, 6.07) is -0.333. The third kappa shape index (κ3) is 2.29. The highest BCUT2D eigenvalue weighted by atomic mass is 16.6. The minimum absolute atomic E-state index is 0.0659. The highest BCUT2D eigenvalue weighted by molar-refractivity contribution is 5.90. The molecule has 3 heteroatoms. The summed E-state index contributed by atoms with van der Waals surface area (Å²) in [7, 11) is 0. The second-order valence-corrected chi connectivity index (χ2v) is 3.90. The lowest BCUT2D eigenvalue weighted by Gasteiger charge is -2.10. The topological polar surface area (TPSA) is 55.6 Å². The molecule has 1 aliphatic heterocycles. The maximum Gasteiger partial charge on any atom is 0.180 e. The maximum atomic E-state index is 11.4. The van der Waals surface area contributed by atoms with Gasteiger partial charge < -0.3 is 10.5 Å². The average molecular weight is 171 g/mol. The van der Waals surface area contributed by atoms with Gasteiger partial charge in [0.05, 0.1) is 12.1 Å². The van der Waals surface area contributed by atoms with E-state index in [-0.39, 0.29) is 24.0 Å². The summed E-state index contributed by atoms with van der Waals surface area (Å²) in [5, 5.41) is 0. The minimum Gasteiger partial charge on any atom is -0.362 e. The van der Waals surface area contributed by atoms with Crippen molar-refractivity contribution in [3.8, 4) is 0 Å². The van der Waals surface area contributed by atoms with Crippen LogP contribution in [0.15, 0.2) is 0 Å². The molecule has 0 amide bonds. The lowest BCUT2D eigenvalue weighted by molar-refractivity contribution is -0.121. The smallest absolute Gasteiger partial charge is 0.180 e. The molecule has 1 fully saturated rings. The van der Waals surface area contributed by atoms with Gasteiger partial charge >= 0.3 is 0 Å². The van der Waals surface area contributed by atoms with Crippen molar-refractivity contribution < 1.29 is 9.53 Å². The Labute approximate surface area is 73.3 Å². The predicted molar refractivity (Wildman–Crippen MR) is 46.8 cm³/mol. The molecule has 1 unspecified atom stereocenters. The van der Waals surface area contributed by atoms with Crippen LogP contribution in [0.3, 0.4) is 0 Å². The number of carbonyl (C=O) groups excluding carboxylic acids is 1. The van der Waals surface area contributed by atoms with Crippen LogP contribution < -0.4 is 5.73 Å². The van der Waals surface area contributed by atoms with Gasteiger partial charge in [-0.1, -0.05) is 13.8 Å². The maximum absolute atomic E-state index is 11.4. The second kappa shape index (κ2) is 3.54. The van der Waals surface area contributed by atoms with Gasteiger partial charge in [-0.25, -0.2) is 0 Å². The largest absolute Gasteiger partial charge is 0.362 e. The fourth-order valence-corrected chi connectivity index (χ4v) is 1.32. The Morgan fingerprint density at radius 1 is 1.58 bits per heavy atom. The molecule has 1 aliphatic rings. The molecule has 12 heavy (non-hydrogen) atoms. The Kier molecular flexibility index (Phi) is 2.85. The third-order valence-corrected chi connectivity index (χ3v) is 2.08. The van der Waals surface area contributed by atoms with Crippen molar-refractivity contribution in [1.82, 2.24) is 0 Å². The number of rotatable bonds is 4. The van der Waals surface area contributed by atoms with Crippen molar-refractivity contribution in [2.24, 2.45) is 11.7 Å². The van der Waals surface area contributed by atoms with E-state index in [0.717, 1.165) is 6.42 Å². The van der Waals surface area contributed by atoms with Gasteiger partial charge in [0, 0.05) is 0 Å². The Balaban J connectivity index is 2.32. The zero-order valence-electron chi connectivity index (χ0n) is 7.91. The summed E-state index contributed by atoms with van der Waals surface area (Å²) >= 11 is 0. The molecule has 1 rings (SSSR count). The number of ether oxygens (including phenoxy) is 1. The summed E-state index contributed by atoms with van der Waals surface area (Å²) in [6.45, 7) is 6.01. The molecule has 0 aliphatic carbocycles. The summed E-state index contributed by atoms with van der Waals surface area (Å²) in [4.78, 5) is 11.4. The van der Waals surface area contributed by atoms with E-state index in [0.29, 0.717) is 5.92 Å². The fourth-order valence-electron chi connectivity index (χ4n) is 1.32. The van der Waals surface area contributed by atoms with Crippen LogP contribution >= 0.6 is 0 Å². The second-order valence-electron chi connectivity index (χ2n) is 3.90. The highest BCUT2D eigenvalue weighted by Crippen LogP contribution is 2.23. The molecule has 0 aromatic heterocycles. The molecular weight excluding hydrogens is 154 g/mol. The molecule has 0 saturated carbocycles. The zero-order chi connectivity index (χ0) is 9.30. The molecule has 2 N–H and O–H groups in total. The van der Waals surface area contributed by atoms with Crippen LogP contribution in [0.5, 0.6) is 0 Å². The number of Topliss-reactive ketones (excluding diaryl/α,β-unsaturated/α-hetero) is 1. The summed E-state index contributed by atoms with van der Waals surface area (Å²) in [5.74, 6) is 0.536. The van der Waals surface area contributed by atoms with E-state index in [2.05, 4.69) is 13.8 Å². The molecule has 0 bridgehead atoms. The predicted octanol–water partition coefficient (Wildman–Crippen LogP) is 0.716. The lowest BCUT2D eigenvalue weighted by atomic mass is 9.99. The lowest BCUT2D eigenvalue weighted by Crippen LogP contribution is -2.35. The zero-order valence-corrected chi connectivity index (χ0v) is 7.91. The van der Waals surface area contributed by atoms with Crippen molar-refractivity contribution in [1.29, 1.82) is 0 Å². The van der Waals surface area contributed by atoms with Crippen LogP contribution in [-0.2, 0) is 9.53 Å². The monoisotopic (exact) mass is 171 g/mol. The first-order chi connectivity index (χ1) is 5.52.